The fraction of sp³-hybridized carbons (Fsp3) is 0.231. The Bertz CT molecular complexity index is 989. The number of hydrogen-bond donors (Lipinski definition) is 0. The Morgan fingerprint density at radius 2 is 1.40 bits per heavy atom. The van der Waals surface area contributed by atoms with Crippen molar-refractivity contribution in [3.8, 4) is 0 Å². The number of imide groups is 1. The molecule has 4 rings (SSSR count). The summed E-state index contributed by atoms with van der Waals surface area (Å²) in [6.07, 6.45) is 1.27. The molecular weight excluding hydrogens is 372 g/mol. The van der Waals surface area contributed by atoms with Gasteiger partial charge in [0.15, 0.2) is 0 Å². The quantitative estimate of drug-likeness (QED) is 0.590. The molecule has 1 heterocycles. The van der Waals surface area contributed by atoms with Gasteiger partial charge in [-0.3, -0.25) is 14.6 Å². The van der Waals surface area contributed by atoms with E-state index in [1.54, 1.807) is 4.90 Å². The minimum absolute atomic E-state index is 0.108. The van der Waals surface area contributed by atoms with Gasteiger partial charge in [0.05, 0.1) is 6.04 Å². The lowest BCUT2D eigenvalue weighted by Gasteiger charge is -2.25. The fourth-order valence-electron chi connectivity index (χ4n) is 4.09. The summed E-state index contributed by atoms with van der Waals surface area (Å²) in [4.78, 5) is 30.0. The maximum atomic E-state index is 13.4. The molecule has 0 spiro atoms. The van der Waals surface area contributed by atoms with Crippen LogP contribution in [0.1, 0.15) is 18.1 Å². The summed E-state index contributed by atoms with van der Waals surface area (Å²) < 4.78 is 0. The summed E-state index contributed by atoms with van der Waals surface area (Å²) in [6.45, 7) is 2.41. The molecule has 4 heteroatoms. The van der Waals surface area contributed by atoms with Gasteiger partial charge in [-0.15, -0.1) is 0 Å². The average molecular weight is 399 g/mol. The molecule has 3 aromatic carbocycles. The van der Waals surface area contributed by atoms with Crippen molar-refractivity contribution in [3.05, 3.63) is 102 Å². The van der Waals surface area contributed by atoms with E-state index in [-0.39, 0.29) is 23.9 Å². The Kier molecular flexibility index (Phi) is 5.94. The first-order chi connectivity index (χ1) is 14.6. The van der Waals surface area contributed by atoms with E-state index in [1.807, 2.05) is 97.9 Å². The zero-order valence-electron chi connectivity index (χ0n) is 17.1. The zero-order valence-corrected chi connectivity index (χ0v) is 17.1. The number of nitrogens with zero attached hydrogens (tertiary/aromatic N) is 2. The fourth-order valence-corrected chi connectivity index (χ4v) is 4.09. The van der Waals surface area contributed by atoms with E-state index in [4.69, 9.17) is 0 Å². The van der Waals surface area contributed by atoms with Crippen LogP contribution < -0.4 is 4.90 Å². The number of urea groups is 1. The van der Waals surface area contributed by atoms with E-state index in [9.17, 15) is 9.59 Å². The highest BCUT2D eigenvalue weighted by Crippen LogP contribution is 2.28. The van der Waals surface area contributed by atoms with Crippen LogP contribution in [-0.4, -0.2) is 29.4 Å². The number of amides is 3. The minimum Gasteiger partial charge on any atom is -0.292 e. The lowest BCUT2D eigenvalue weighted by atomic mass is 9.98. The third kappa shape index (κ3) is 4.28. The molecule has 0 N–H and O–H groups in total. The van der Waals surface area contributed by atoms with Crippen LogP contribution in [0.5, 0.6) is 0 Å². The van der Waals surface area contributed by atoms with Crippen molar-refractivity contribution in [2.75, 3.05) is 11.4 Å². The van der Waals surface area contributed by atoms with Gasteiger partial charge < -0.3 is 0 Å². The zero-order chi connectivity index (χ0) is 20.9. The van der Waals surface area contributed by atoms with Crippen molar-refractivity contribution < 1.29 is 9.59 Å². The van der Waals surface area contributed by atoms with Crippen molar-refractivity contribution in [1.82, 2.24) is 4.90 Å². The molecule has 0 radical (unpaired) electrons. The summed E-state index contributed by atoms with van der Waals surface area (Å²) in [6, 6.07) is 29.2. The molecule has 0 saturated carbocycles. The number of rotatable bonds is 6. The monoisotopic (exact) mass is 398 g/mol. The molecule has 0 aliphatic carbocycles. The maximum Gasteiger partial charge on any atom is 0.331 e. The lowest BCUT2D eigenvalue weighted by molar-refractivity contribution is -0.132. The number of carbonyl (C=O) groups excluding carboxylic acids is 2. The summed E-state index contributed by atoms with van der Waals surface area (Å²) in [5.74, 6) is -0.381. The first-order valence-corrected chi connectivity index (χ1v) is 10.4. The van der Waals surface area contributed by atoms with Crippen LogP contribution >= 0.6 is 0 Å². The largest absolute Gasteiger partial charge is 0.331 e. The van der Waals surface area contributed by atoms with Crippen LogP contribution in [0.15, 0.2) is 91.0 Å². The Morgan fingerprint density at radius 3 is 2.00 bits per heavy atom. The Labute approximate surface area is 177 Å². The van der Waals surface area contributed by atoms with Crippen LogP contribution in [0, 0.1) is 5.92 Å². The smallest absolute Gasteiger partial charge is 0.292 e. The molecule has 3 amide bonds. The standard InChI is InChI=1S/C26H26N2O2/c1-20(17-21-11-5-2-6-12-21)25(29)28-24(18-22-13-7-3-8-14-22)19-27(26(28)30)23-15-9-4-10-16-23/h2-16,20,24H,17-19H2,1H3/t20-,24-/m0/s1. The molecule has 1 saturated heterocycles. The highest BCUT2D eigenvalue weighted by molar-refractivity contribution is 6.05. The summed E-state index contributed by atoms with van der Waals surface area (Å²) >= 11 is 0. The summed E-state index contributed by atoms with van der Waals surface area (Å²) in [5.41, 5.74) is 3.05. The molecule has 30 heavy (non-hydrogen) atoms. The minimum atomic E-state index is -0.273. The first kappa shape index (κ1) is 19.9. The highest BCUT2D eigenvalue weighted by Gasteiger charge is 2.43. The molecule has 1 aliphatic rings. The van der Waals surface area contributed by atoms with Crippen molar-refractivity contribution in [3.63, 3.8) is 0 Å². The van der Waals surface area contributed by atoms with Crippen LogP contribution in [0.2, 0.25) is 0 Å². The van der Waals surface area contributed by atoms with E-state index in [0.717, 1.165) is 16.8 Å². The van der Waals surface area contributed by atoms with E-state index < -0.39 is 0 Å². The predicted molar refractivity (Wildman–Crippen MR) is 119 cm³/mol. The third-order valence-electron chi connectivity index (χ3n) is 5.62. The van der Waals surface area contributed by atoms with Gasteiger partial charge in [0, 0.05) is 18.2 Å². The van der Waals surface area contributed by atoms with Crippen LogP contribution in [0.25, 0.3) is 0 Å². The third-order valence-corrected chi connectivity index (χ3v) is 5.62. The lowest BCUT2D eigenvalue weighted by Crippen LogP contribution is -2.44. The molecule has 4 nitrogen and oxygen atoms in total. The molecule has 1 fully saturated rings. The van der Waals surface area contributed by atoms with Gasteiger partial charge in [-0.2, -0.15) is 0 Å². The molecule has 0 bridgehead atoms. The van der Waals surface area contributed by atoms with E-state index in [0.29, 0.717) is 19.4 Å². The van der Waals surface area contributed by atoms with Crippen molar-refractivity contribution >= 4 is 17.6 Å². The topological polar surface area (TPSA) is 40.6 Å². The van der Waals surface area contributed by atoms with E-state index >= 15 is 0 Å². The molecule has 0 aromatic heterocycles. The molecule has 1 aliphatic heterocycles. The molecular formula is C26H26N2O2. The normalized spacial score (nSPS) is 17.2. The van der Waals surface area contributed by atoms with Crippen molar-refractivity contribution in [1.29, 1.82) is 0 Å². The number of hydrogen-bond acceptors (Lipinski definition) is 2. The second kappa shape index (κ2) is 8.95. The first-order valence-electron chi connectivity index (χ1n) is 10.4. The van der Waals surface area contributed by atoms with Gasteiger partial charge in [-0.25, -0.2) is 4.79 Å². The van der Waals surface area contributed by atoms with Crippen LogP contribution in [0.3, 0.4) is 0 Å². The van der Waals surface area contributed by atoms with Crippen molar-refractivity contribution in [2.24, 2.45) is 5.92 Å². The Balaban J connectivity index is 1.59. The van der Waals surface area contributed by atoms with Crippen LogP contribution in [0.4, 0.5) is 10.5 Å². The Hall–Kier alpha value is -3.40. The van der Waals surface area contributed by atoms with Crippen molar-refractivity contribution in [2.45, 2.75) is 25.8 Å². The molecule has 0 unspecified atom stereocenters. The highest BCUT2D eigenvalue weighted by atomic mass is 16.2. The summed E-state index contributed by atoms with van der Waals surface area (Å²) in [7, 11) is 0. The Morgan fingerprint density at radius 1 is 0.867 bits per heavy atom. The molecule has 2 atom stereocenters. The molecule has 152 valence electrons. The number of anilines is 1. The SMILES string of the molecule is C[C@@H](Cc1ccccc1)C(=O)N1C(=O)N(c2ccccc2)C[C@@H]1Cc1ccccc1. The number of benzene rings is 3. The van der Waals surface area contributed by atoms with Gasteiger partial charge in [-0.05, 0) is 36.1 Å². The maximum absolute atomic E-state index is 13.4. The van der Waals surface area contributed by atoms with Gasteiger partial charge in [0.25, 0.3) is 0 Å². The van der Waals surface area contributed by atoms with Gasteiger partial charge in [-0.1, -0.05) is 85.8 Å². The van der Waals surface area contributed by atoms with Crippen LogP contribution in [-0.2, 0) is 17.6 Å². The number of para-hydroxylation sites is 1. The summed E-state index contributed by atoms with van der Waals surface area (Å²) in [5, 5.41) is 0. The van der Waals surface area contributed by atoms with E-state index in [1.165, 1.54) is 4.90 Å². The predicted octanol–water partition coefficient (Wildman–Crippen LogP) is 4.95. The second-order valence-electron chi connectivity index (χ2n) is 7.87. The van der Waals surface area contributed by atoms with Gasteiger partial charge >= 0.3 is 6.03 Å². The second-order valence-corrected chi connectivity index (χ2v) is 7.87. The van der Waals surface area contributed by atoms with E-state index in [2.05, 4.69) is 0 Å². The number of carbonyl (C=O) groups is 2. The molecule has 3 aromatic rings. The van der Waals surface area contributed by atoms with Gasteiger partial charge in [0.1, 0.15) is 0 Å². The van der Waals surface area contributed by atoms with Gasteiger partial charge in [0.2, 0.25) is 5.91 Å². The average Bonchev–Trinajstić information content (AvgIpc) is 3.10.